The summed E-state index contributed by atoms with van der Waals surface area (Å²) in [6.45, 7) is 0.0130. The SMILES string of the molecule is COc1ncc(Br)c(CN)c1C(F)F. The Kier molecular flexibility index (Phi) is 3.77. The van der Waals surface area contributed by atoms with Crippen molar-refractivity contribution in [3.63, 3.8) is 0 Å². The summed E-state index contributed by atoms with van der Waals surface area (Å²) in [6.07, 6.45) is -1.25. The van der Waals surface area contributed by atoms with Crippen LogP contribution in [0.4, 0.5) is 8.78 Å². The second-order valence-corrected chi connectivity index (χ2v) is 3.37. The van der Waals surface area contributed by atoms with Gasteiger partial charge >= 0.3 is 0 Å². The summed E-state index contributed by atoms with van der Waals surface area (Å²) < 4.78 is 30.5. The molecule has 0 aliphatic rings. The third kappa shape index (κ3) is 2.01. The number of alkyl halides is 2. The molecule has 0 unspecified atom stereocenters. The van der Waals surface area contributed by atoms with Crippen LogP contribution < -0.4 is 10.5 Å². The van der Waals surface area contributed by atoms with Gasteiger partial charge in [-0.05, 0) is 21.5 Å². The first kappa shape index (κ1) is 11.3. The van der Waals surface area contributed by atoms with Crippen LogP contribution in [-0.2, 0) is 6.54 Å². The number of nitrogens with zero attached hydrogens (tertiary/aromatic N) is 1. The summed E-state index contributed by atoms with van der Waals surface area (Å²) in [5.41, 5.74) is 5.45. The van der Waals surface area contributed by atoms with E-state index in [0.717, 1.165) is 0 Å². The summed E-state index contributed by atoms with van der Waals surface area (Å²) in [5, 5.41) is 0. The number of rotatable bonds is 3. The van der Waals surface area contributed by atoms with Gasteiger partial charge in [0.2, 0.25) is 5.88 Å². The molecule has 6 heteroatoms. The Labute approximate surface area is 88.4 Å². The Balaban J connectivity index is 3.36. The number of hydrogen-bond donors (Lipinski definition) is 1. The smallest absolute Gasteiger partial charge is 0.269 e. The van der Waals surface area contributed by atoms with E-state index >= 15 is 0 Å². The molecule has 0 atom stereocenters. The molecule has 1 aromatic heterocycles. The molecule has 3 nitrogen and oxygen atoms in total. The van der Waals surface area contributed by atoms with Crippen molar-refractivity contribution in [3.05, 3.63) is 21.8 Å². The zero-order chi connectivity index (χ0) is 10.7. The van der Waals surface area contributed by atoms with Crippen molar-refractivity contribution in [2.75, 3.05) is 7.11 Å². The number of nitrogens with two attached hydrogens (primary N) is 1. The molecule has 14 heavy (non-hydrogen) atoms. The molecule has 0 aliphatic heterocycles. The maximum Gasteiger partial charge on any atom is 0.269 e. The van der Waals surface area contributed by atoms with Crippen LogP contribution in [0.5, 0.6) is 5.88 Å². The number of ether oxygens (including phenoxy) is 1. The van der Waals surface area contributed by atoms with E-state index in [1.807, 2.05) is 0 Å². The standard InChI is InChI=1S/C8H9BrF2N2O/c1-14-8-6(7(10)11)4(2-12)5(9)3-13-8/h3,7H,2,12H2,1H3. The monoisotopic (exact) mass is 266 g/mol. The van der Waals surface area contributed by atoms with Gasteiger partial charge in [0.25, 0.3) is 6.43 Å². The molecular formula is C8H9BrF2N2O. The second kappa shape index (κ2) is 4.65. The molecule has 1 rings (SSSR count). The number of hydrogen-bond acceptors (Lipinski definition) is 3. The summed E-state index contributed by atoms with van der Waals surface area (Å²) >= 11 is 3.11. The van der Waals surface area contributed by atoms with Gasteiger partial charge in [-0.3, -0.25) is 0 Å². The fourth-order valence-corrected chi connectivity index (χ4v) is 1.59. The lowest BCUT2D eigenvalue weighted by Crippen LogP contribution is -2.06. The summed E-state index contributed by atoms with van der Waals surface area (Å²) in [5.74, 6) is -0.0800. The van der Waals surface area contributed by atoms with Crippen LogP contribution in [0.25, 0.3) is 0 Å². The van der Waals surface area contributed by atoms with Crippen LogP contribution in [-0.4, -0.2) is 12.1 Å². The quantitative estimate of drug-likeness (QED) is 0.913. The Hall–Kier alpha value is -0.750. The molecule has 1 heterocycles. The lowest BCUT2D eigenvalue weighted by molar-refractivity contribution is 0.144. The molecule has 0 aliphatic carbocycles. The van der Waals surface area contributed by atoms with Gasteiger partial charge in [0, 0.05) is 17.2 Å². The second-order valence-electron chi connectivity index (χ2n) is 2.51. The highest BCUT2D eigenvalue weighted by molar-refractivity contribution is 9.10. The van der Waals surface area contributed by atoms with Crippen molar-refractivity contribution in [2.24, 2.45) is 5.73 Å². The van der Waals surface area contributed by atoms with Crippen LogP contribution in [0.15, 0.2) is 10.7 Å². The lowest BCUT2D eigenvalue weighted by Gasteiger charge is -2.12. The molecule has 0 aromatic carbocycles. The van der Waals surface area contributed by atoms with Gasteiger partial charge in [-0.25, -0.2) is 13.8 Å². The molecule has 1 aromatic rings. The molecule has 0 bridgehead atoms. The van der Waals surface area contributed by atoms with Crippen LogP contribution in [0.1, 0.15) is 17.6 Å². The molecule has 2 N–H and O–H groups in total. The molecule has 78 valence electrons. The third-order valence-corrected chi connectivity index (χ3v) is 2.44. The van der Waals surface area contributed by atoms with Crippen LogP contribution in [0.3, 0.4) is 0 Å². The lowest BCUT2D eigenvalue weighted by atomic mass is 10.1. The maximum atomic E-state index is 12.6. The first-order valence-electron chi connectivity index (χ1n) is 3.81. The van der Waals surface area contributed by atoms with Crippen LogP contribution in [0.2, 0.25) is 0 Å². The topological polar surface area (TPSA) is 48.1 Å². The van der Waals surface area contributed by atoms with Crippen molar-refractivity contribution >= 4 is 15.9 Å². The average Bonchev–Trinajstić information content (AvgIpc) is 2.17. The molecule has 0 saturated carbocycles. The Morgan fingerprint density at radius 1 is 1.64 bits per heavy atom. The first-order valence-corrected chi connectivity index (χ1v) is 4.60. The summed E-state index contributed by atoms with van der Waals surface area (Å²) in [7, 11) is 1.29. The molecule has 0 fully saturated rings. The maximum absolute atomic E-state index is 12.6. The largest absolute Gasteiger partial charge is 0.481 e. The van der Waals surface area contributed by atoms with Crippen LogP contribution in [0, 0.1) is 0 Å². The number of aromatic nitrogens is 1. The van der Waals surface area contributed by atoms with Gasteiger partial charge in [0.1, 0.15) is 0 Å². The minimum atomic E-state index is -2.64. The van der Waals surface area contributed by atoms with E-state index in [9.17, 15) is 8.78 Å². The predicted molar refractivity (Wildman–Crippen MR) is 51.3 cm³/mol. The Morgan fingerprint density at radius 2 is 2.29 bits per heavy atom. The van der Waals surface area contributed by atoms with Crippen molar-refractivity contribution in [2.45, 2.75) is 13.0 Å². The van der Waals surface area contributed by atoms with E-state index in [2.05, 4.69) is 20.9 Å². The first-order chi connectivity index (χ1) is 6.61. The Morgan fingerprint density at radius 3 is 2.71 bits per heavy atom. The van der Waals surface area contributed by atoms with Crippen LogP contribution >= 0.6 is 15.9 Å². The van der Waals surface area contributed by atoms with Gasteiger partial charge in [0.15, 0.2) is 0 Å². The molecule has 0 saturated heterocycles. The highest BCUT2D eigenvalue weighted by Gasteiger charge is 2.21. The zero-order valence-electron chi connectivity index (χ0n) is 7.43. The fraction of sp³-hybridized carbons (Fsp3) is 0.375. The molecule has 0 radical (unpaired) electrons. The minimum absolute atomic E-state index is 0.0130. The summed E-state index contributed by atoms with van der Waals surface area (Å²) in [6, 6.07) is 0. The number of methoxy groups -OCH3 is 1. The fourth-order valence-electron chi connectivity index (χ4n) is 1.12. The van der Waals surface area contributed by atoms with E-state index in [4.69, 9.17) is 10.5 Å². The van der Waals surface area contributed by atoms with Gasteiger partial charge in [0.05, 0.1) is 12.7 Å². The van der Waals surface area contributed by atoms with Gasteiger partial charge in [-0.15, -0.1) is 0 Å². The number of pyridine rings is 1. The molecular weight excluding hydrogens is 258 g/mol. The minimum Gasteiger partial charge on any atom is -0.481 e. The summed E-state index contributed by atoms with van der Waals surface area (Å²) in [4.78, 5) is 3.72. The molecule has 0 amide bonds. The zero-order valence-corrected chi connectivity index (χ0v) is 9.01. The molecule has 0 spiro atoms. The van der Waals surface area contributed by atoms with E-state index in [1.54, 1.807) is 0 Å². The predicted octanol–water partition coefficient (Wildman–Crippen LogP) is 2.25. The van der Waals surface area contributed by atoms with Gasteiger partial charge in [-0.2, -0.15) is 0 Å². The average molecular weight is 267 g/mol. The van der Waals surface area contributed by atoms with E-state index in [0.29, 0.717) is 10.0 Å². The van der Waals surface area contributed by atoms with Crippen molar-refractivity contribution in [1.29, 1.82) is 0 Å². The van der Waals surface area contributed by atoms with Gasteiger partial charge in [-0.1, -0.05) is 0 Å². The highest BCUT2D eigenvalue weighted by atomic mass is 79.9. The normalized spacial score (nSPS) is 10.7. The third-order valence-electron chi connectivity index (χ3n) is 1.75. The number of halogens is 3. The van der Waals surface area contributed by atoms with E-state index < -0.39 is 6.43 Å². The van der Waals surface area contributed by atoms with E-state index in [-0.39, 0.29) is 18.0 Å². The van der Waals surface area contributed by atoms with Crippen molar-refractivity contribution < 1.29 is 13.5 Å². The van der Waals surface area contributed by atoms with E-state index in [1.165, 1.54) is 13.3 Å². The van der Waals surface area contributed by atoms with Gasteiger partial charge < -0.3 is 10.5 Å². The Bertz CT molecular complexity index is 333. The van der Waals surface area contributed by atoms with Crippen molar-refractivity contribution in [3.8, 4) is 5.88 Å². The highest BCUT2D eigenvalue weighted by Crippen LogP contribution is 2.33. The van der Waals surface area contributed by atoms with Crippen molar-refractivity contribution in [1.82, 2.24) is 4.98 Å².